The van der Waals surface area contributed by atoms with Crippen molar-refractivity contribution in [2.75, 3.05) is 20.1 Å². The van der Waals surface area contributed by atoms with E-state index in [1.807, 2.05) is 0 Å². The van der Waals surface area contributed by atoms with Crippen molar-refractivity contribution in [1.82, 2.24) is 20.4 Å². The van der Waals surface area contributed by atoms with Gasteiger partial charge in [0.05, 0.1) is 23.9 Å². The summed E-state index contributed by atoms with van der Waals surface area (Å²) in [5.74, 6) is -0.128. The topological polar surface area (TPSA) is 81.2 Å². The van der Waals surface area contributed by atoms with Crippen molar-refractivity contribution >= 4 is 5.91 Å². The van der Waals surface area contributed by atoms with Crippen LogP contribution in [0.5, 0.6) is 0 Å². The van der Waals surface area contributed by atoms with E-state index >= 15 is 0 Å². The summed E-state index contributed by atoms with van der Waals surface area (Å²) >= 11 is 0. The second-order valence-electron chi connectivity index (χ2n) is 3.70. The van der Waals surface area contributed by atoms with Crippen LogP contribution >= 0.6 is 0 Å². The molecule has 6 nitrogen and oxygen atoms in total. The van der Waals surface area contributed by atoms with Gasteiger partial charge in [0.2, 0.25) is 0 Å². The molecule has 0 radical (unpaired) electrons. The smallest absolute Gasteiger partial charge is 0.257 e. The van der Waals surface area contributed by atoms with Crippen LogP contribution in [0.15, 0.2) is 12.4 Å². The Bertz CT molecular complexity index is 338. The highest BCUT2D eigenvalue weighted by atomic mass is 16.3. The molecular formula is C9H14N4O2. The molecule has 2 heterocycles. The average Bonchev–Trinajstić information content (AvgIpc) is 2.85. The quantitative estimate of drug-likeness (QED) is 0.573. The van der Waals surface area contributed by atoms with Gasteiger partial charge in [0, 0.05) is 26.3 Å². The minimum absolute atomic E-state index is 0.128. The Kier molecular flexibility index (Phi) is 2.70. The zero-order valence-corrected chi connectivity index (χ0v) is 8.47. The van der Waals surface area contributed by atoms with Crippen LogP contribution in [0.1, 0.15) is 10.4 Å². The van der Waals surface area contributed by atoms with Gasteiger partial charge in [-0.15, -0.1) is 0 Å². The molecule has 6 heteroatoms. The largest absolute Gasteiger partial charge is 0.390 e. The maximum atomic E-state index is 11.9. The first-order valence-corrected chi connectivity index (χ1v) is 4.85. The minimum Gasteiger partial charge on any atom is -0.390 e. The van der Waals surface area contributed by atoms with E-state index in [0.29, 0.717) is 18.7 Å². The molecule has 1 aliphatic rings. The van der Waals surface area contributed by atoms with Crippen molar-refractivity contribution in [2.24, 2.45) is 0 Å². The molecule has 1 amide bonds. The maximum Gasteiger partial charge on any atom is 0.257 e. The molecule has 1 fully saturated rings. The van der Waals surface area contributed by atoms with E-state index in [-0.39, 0.29) is 11.9 Å². The van der Waals surface area contributed by atoms with E-state index in [1.165, 1.54) is 6.20 Å². The molecule has 1 aromatic heterocycles. The predicted molar refractivity (Wildman–Crippen MR) is 53.3 cm³/mol. The normalized spacial score (nSPS) is 25.5. The van der Waals surface area contributed by atoms with Crippen LogP contribution in [0.2, 0.25) is 0 Å². The van der Waals surface area contributed by atoms with Crippen LogP contribution < -0.4 is 5.32 Å². The minimum atomic E-state index is -0.495. The highest BCUT2D eigenvalue weighted by Gasteiger charge is 2.31. The Hall–Kier alpha value is -1.40. The second kappa shape index (κ2) is 4.00. The highest BCUT2D eigenvalue weighted by molar-refractivity contribution is 5.93. The molecule has 0 unspecified atom stereocenters. The molecule has 0 aliphatic carbocycles. The SMILES string of the molecule is CN(C(=O)c1cn[nH]c1)[C@H]1CNC[C@@H]1O. The number of aliphatic hydroxyl groups excluding tert-OH is 1. The van der Waals surface area contributed by atoms with Crippen molar-refractivity contribution in [3.63, 3.8) is 0 Å². The van der Waals surface area contributed by atoms with E-state index in [4.69, 9.17) is 0 Å². The number of aromatic nitrogens is 2. The fourth-order valence-corrected chi connectivity index (χ4v) is 1.77. The number of hydrogen-bond acceptors (Lipinski definition) is 4. The molecule has 3 N–H and O–H groups in total. The van der Waals surface area contributed by atoms with Crippen LogP contribution in [-0.4, -0.2) is 58.4 Å². The van der Waals surface area contributed by atoms with Crippen molar-refractivity contribution in [3.05, 3.63) is 18.0 Å². The molecule has 0 aromatic carbocycles. The summed E-state index contributed by atoms with van der Waals surface area (Å²) in [4.78, 5) is 13.4. The van der Waals surface area contributed by atoms with E-state index in [2.05, 4.69) is 15.5 Å². The lowest BCUT2D eigenvalue weighted by molar-refractivity contribution is 0.0581. The summed E-state index contributed by atoms with van der Waals surface area (Å²) < 4.78 is 0. The summed E-state index contributed by atoms with van der Waals surface area (Å²) in [6.07, 6.45) is 2.53. The third-order valence-corrected chi connectivity index (χ3v) is 2.71. The fraction of sp³-hybridized carbons (Fsp3) is 0.556. The molecule has 1 aromatic rings. The predicted octanol–water partition coefficient (Wildman–Crippen LogP) is -1.19. The fourth-order valence-electron chi connectivity index (χ4n) is 1.77. The Morgan fingerprint density at radius 3 is 3.00 bits per heavy atom. The number of hydrogen-bond donors (Lipinski definition) is 3. The number of rotatable bonds is 2. The van der Waals surface area contributed by atoms with E-state index in [9.17, 15) is 9.90 Å². The first-order valence-electron chi connectivity index (χ1n) is 4.85. The maximum absolute atomic E-state index is 11.9. The van der Waals surface area contributed by atoms with Crippen LogP contribution in [0.4, 0.5) is 0 Å². The summed E-state index contributed by atoms with van der Waals surface area (Å²) in [7, 11) is 1.69. The number of carbonyl (C=O) groups is 1. The Balaban J connectivity index is 2.07. The van der Waals surface area contributed by atoms with Gasteiger partial charge in [-0.25, -0.2) is 0 Å². The van der Waals surface area contributed by atoms with E-state index < -0.39 is 6.10 Å². The number of amides is 1. The zero-order valence-electron chi connectivity index (χ0n) is 8.47. The molecule has 82 valence electrons. The first-order chi connectivity index (χ1) is 7.20. The molecule has 1 saturated heterocycles. The Morgan fingerprint density at radius 1 is 1.67 bits per heavy atom. The molecular weight excluding hydrogens is 196 g/mol. The summed E-state index contributed by atoms with van der Waals surface area (Å²) in [5.41, 5.74) is 0.511. The number of H-pyrrole nitrogens is 1. The zero-order chi connectivity index (χ0) is 10.8. The molecule has 0 spiro atoms. The van der Waals surface area contributed by atoms with Gasteiger partial charge in [0.1, 0.15) is 0 Å². The van der Waals surface area contributed by atoms with E-state index in [1.54, 1.807) is 18.1 Å². The van der Waals surface area contributed by atoms with Crippen molar-refractivity contribution in [2.45, 2.75) is 12.1 Å². The summed E-state index contributed by atoms with van der Waals surface area (Å²) in [6, 6.07) is -0.160. The van der Waals surface area contributed by atoms with E-state index in [0.717, 1.165) is 0 Å². The van der Waals surface area contributed by atoms with Crippen LogP contribution in [0.25, 0.3) is 0 Å². The number of likely N-dealkylation sites (N-methyl/N-ethyl adjacent to an activating group) is 1. The number of nitrogens with zero attached hydrogens (tertiary/aromatic N) is 2. The van der Waals surface area contributed by atoms with Crippen LogP contribution in [0, 0.1) is 0 Å². The van der Waals surface area contributed by atoms with Gasteiger partial charge >= 0.3 is 0 Å². The summed E-state index contributed by atoms with van der Waals surface area (Å²) in [5, 5.41) is 19.0. The van der Waals surface area contributed by atoms with Gasteiger partial charge in [-0.1, -0.05) is 0 Å². The van der Waals surface area contributed by atoms with Gasteiger partial charge in [-0.2, -0.15) is 5.10 Å². The highest BCUT2D eigenvalue weighted by Crippen LogP contribution is 2.10. The Labute approximate surface area is 87.3 Å². The lowest BCUT2D eigenvalue weighted by atomic mass is 10.1. The number of β-amino-alcohol motifs (C(OH)–C–C–N with tert-alkyl or cyclic N) is 1. The van der Waals surface area contributed by atoms with Crippen molar-refractivity contribution in [3.8, 4) is 0 Å². The molecule has 2 rings (SSSR count). The lowest BCUT2D eigenvalue weighted by Gasteiger charge is -2.25. The van der Waals surface area contributed by atoms with Gasteiger partial charge in [0.15, 0.2) is 0 Å². The van der Waals surface area contributed by atoms with Gasteiger partial charge in [0.25, 0.3) is 5.91 Å². The standard InChI is InChI=1S/C9H14N4O2/c1-13(7-4-10-5-8(7)14)9(15)6-2-11-12-3-6/h2-3,7-8,10,14H,4-5H2,1H3,(H,11,12)/t7-,8-/m0/s1. The third-order valence-electron chi connectivity index (χ3n) is 2.71. The molecule has 0 saturated carbocycles. The number of nitrogens with one attached hydrogen (secondary N) is 2. The number of aliphatic hydroxyl groups is 1. The lowest BCUT2D eigenvalue weighted by Crippen LogP contribution is -2.44. The average molecular weight is 210 g/mol. The van der Waals surface area contributed by atoms with Gasteiger partial charge in [-0.05, 0) is 0 Å². The molecule has 1 aliphatic heterocycles. The Morgan fingerprint density at radius 2 is 2.47 bits per heavy atom. The molecule has 0 bridgehead atoms. The van der Waals surface area contributed by atoms with Crippen molar-refractivity contribution < 1.29 is 9.90 Å². The summed E-state index contributed by atoms with van der Waals surface area (Å²) in [6.45, 7) is 1.16. The van der Waals surface area contributed by atoms with Gasteiger partial charge < -0.3 is 15.3 Å². The second-order valence-corrected chi connectivity index (χ2v) is 3.70. The van der Waals surface area contributed by atoms with Crippen LogP contribution in [-0.2, 0) is 0 Å². The first kappa shape index (κ1) is 10.1. The van der Waals surface area contributed by atoms with Crippen molar-refractivity contribution in [1.29, 1.82) is 0 Å². The number of carbonyl (C=O) groups excluding carboxylic acids is 1. The third kappa shape index (κ3) is 1.86. The van der Waals surface area contributed by atoms with Crippen LogP contribution in [0.3, 0.4) is 0 Å². The molecule has 2 atom stereocenters. The number of aromatic amines is 1. The monoisotopic (exact) mass is 210 g/mol. The molecule has 15 heavy (non-hydrogen) atoms. The van der Waals surface area contributed by atoms with Gasteiger partial charge in [-0.3, -0.25) is 9.89 Å².